The van der Waals surface area contributed by atoms with Gasteiger partial charge in [-0.2, -0.15) is 4.98 Å². The van der Waals surface area contributed by atoms with Crippen LogP contribution in [0.25, 0.3) is 0 Å². The van der Waals surface area contributed by atoms with Gasteiger partial charge in [-0.1, -0.05) is 27.7 Å². The van der Waals surface area contributed by atoms with E-state index in [0.29, 0.717) is 23.6 Å². The third-order valence-electron chi connectivity index (χ3n) is 2.53. The molecule has 0 aliphatic heterocycles. The zero-order valence-electron chi connectivity index (χ0n) is 11.5. The number of nitrogens with two attached hydrogens (primary N) is 1. The first-order valence-electron chi connectivity index (χ1n) is 6.27. The molecule has 1 rings (SSSR count). The Morgan fingerprint density at radius 1 is 1.12 bits per heavy atom. The van der Waals surface area contributed by atoms with Gasteiger partial charge in [0.2, 0.25) is 5.95 Å². The summed E-state index contributed by atoms with van der Waals surface area (Å²) in [6, 6.07) is 0. The van der Waals surface area contributed by atoms with Gasteiger partial charge in [-0.15, -0.1) is 0 Å². The Balaban J connectivity index is 2.85. The second-order valence-electron chi connectivity index (χ2n) is 5.37. The molecule has 0 amide bonds. The molecule has 0 saturated heterocycles. The summed E-state index contributed by atoms with van der Waals surface area (Å²) in [7, 11) is 0. The average Bonchev–Trinajstić information content (AvgIpc) is 2.20. The van der Waals surface area contributed by atoms with Crippen LogP contribution in [0.2, 0.25) is 0 Å². The quantitative estimate of drug-likeness (QED) is 0.825. The Labute approximate surface area is 104 Å². The molecule has 4 nitrogen and oxygen atoms in total. The zero-order chi connectivity index (χ0) is 13.0. The van der Waals surface area contributed by atoms with E-state index in [2.05, 4.69) is 43.0 Å². The summed E-state index contributed by atoms with van der Waals surface area (Å²) in [6.45, 7) is 11.5. The van der Waals surface area contributed by atoms with Crippen molar-refractivity contribution in [2.75, 3.05) is 17.6 Å². The largest absolute Gasteiger partial charge is 0.383 e. The highest BCUT2D eigenvalue weighted by atomic mass is 15.1. The monoisotopic (exact) mass is 236 g/mol. The molecule has 0 atom stereocenters. The molecule has 0 aromatic carbocycles. The van der Waals surface area contributed by atoms with Crippen LogP contribution in [0.3, 0.4) is 0 Å². The first-order chi connectivity index (χ1) is 7.90. The van der Waals surface area contributed by atoms with Crippen molar-refractivity contribution in [2.45, 2.75) is 41.0 Å². The number of nitrogens with zero attached hydrogens (tertiary/aromatic N) is 2. The molecule has 0 unspecified atom stereocenters. The normalized spacial score (nSPS) is 11.2. The summed E-state index contributed by atoms with van der Waals surface area (Å²) in [5.41, 5.74) is 8.05. The van der Waals surface area contributed by atoms with Gasteiger partial charge < -0.3 is 11.1 Å². The SMILES string of the molecule is Cc1nc(NCC(C)C)nc(N)c1CC(C)C. The number of nitrogens with one attached hydrogen (secondary N) is 1. The van der Waals surface area contributed by atoms with Gasteiger partial charge in [0.25, 0.3) is 0 Å². The molecular weight excluding hydrogens is 212 g/mol. The van der Waals surface area contributed by atoms with Crippen molar-refractivity contribution in [3.8, 4) is 0 Å². The van der Waals surface area contributed by atoms with Crippen molar-refractivity contribution in [3.05, 3.63) is 11.3 Å². The number of aromatic nitrogens is 2. The third kappa shape index (κ3) is 4.21. The Morgan fingerprint density at radius 3 is 2.24 bits per heavy atom. The Bertz CT molecular complexity index is 349. The molecule has 4 heteroatoms. The number of nitrogen functional groups attached to an aromatic ring is 1. The first-order valence-corrected chi connectivity index (χ1v) is 6.27. The topological polar surface area (TPSA) is 63.8 Å². The van der Waals surface area contributed by atoms with Crippen LogP contribution in [0.15, 0.2) is 0 Å². The molecular formula is C13H24N4. The van der Waals surface area contributed by atoms with E-state index < -0.39 is 0 Å². The van der Waals surface area contributed by atoms with Crippen LogP contribution >= 0.6 is 0 Å². The zero-order valence-corrected chi connectivity index (χ0v) is 11.5. The van der Waals surface area contributed by atoms with Gasteiger partial charge in [-0.05, 0) is 25.2 Å². The molecule has 96 valence electrons. The number of hydrogen-bond donors (Lipinski definition) is 2. The van der Waals surface area contributed by atoms with Crippen molar-refractivity contribution < 1.29 is 0 Å². The molecule has 0 saturated carbocycles. The van der Waals surface area contributed by atoms with Crippen molar-refractivity contribution in [1.82, 2.24) is 9.97 Å². The molecule has 1 aromatic heterocycles. The number of aryl methyl sites for hydroxylation is 1. The van der Waals surface area contributed by atoms with E-state index in [1.807, 2.05) is 6.92 Å². The first kappa shape index (κ1) is 13.7. The van der Waals surface area contributed by atoms with E-state index in [0.717, 1.165) is 24.2 Å². The van der Waals surface area contributed by atoms with Crippen molar-refractivity contribution >= 4 is 11.8 Å². The highest BCUT2D eigenvalue weighted by molar-refractivity contribution is 5.47. The smallest absolute Gasteiger partial charge is 0.224 e. The molecule has 0 fully saturated rings. The molecule has 17 heavy (non-hydrogen) atoms. The highest BCUT2D eigenvalue weighted by Crippen LogP contribution is 2.19. The Kier molecular flexibility index (Phi) is 4.73. The fourth-order valence-electron chi connectivity index (χ4n) is 1.65. The predicted octanol–water partition coefficient (Wildman–Crippen LogP) is 2.63. The van der Waals surface area contributed by atoms with Crippen LogP contribution < -0.4 is 11.1 Å². The number of hydrogen-bond acceptors (Lipinski definition) is 4. The summed E-state index contributed by atoms with van der Waals surface area (Å²) in [6.07, 6.45) is 0.933. The maximum atomic E-state index is 5.99. The third-order valence-corrected chi connectivity index (χ3v) is 2.53. The van der Waals surface area contributed by atoms with Gasteiger partial charge >= 0.3 is 0 Å². The summed E-state index contributed by atoms with van der Waals surface area (Å²) >= 11 is 0. The van der Waals surface area contributed by atoms with Crippen LogP contribution in [0.1, 0.15) is 39.0 Å². The van der Waals surface area contributed by atoms with Crippen molar-refractivity contribution in [3.63, 3.8) is 0 Å². The van der Waals surface area contributed by atoms with E-state index >= 15 is 0 Å². The summed E-state index contributed by atoms with van der Waals surface area (Å²) < 4.78 is 0. The number of anilines is 2. The lowest BCUT2D eigenvalue weighted by molar-refractivity contribution is 0.641. The minimum Gasteiger partial charge on any atom is -0.383 e. The van der Waals surface area contributed by atoms with Crippen LogP contribution in [0.5, 0.6) is 0 Å². The second-order valence-corrected chi connectivity index (χ2v) is 5.37. The predicted molar refractivity (Wildman–Crippen MR) is 73.1 cm³/mol. The maximum Gasteiger partial charge on any atom is 0.224 e. The molecule has 0 spiro atoms. The molecule has 0 radical (unpaired) electrons. The van der Waals surface area contributed by atoms with Gasteiger partial charge in [0.05, 0.1) is 0 Å². The Hall–Kier alpha value is -1.32. The van der Waals surface area contributed by atoms with Crippen molar-refractivity contribution in [1.29, 1.82) is 0 Å². The van der Waals surface area contributed by atoms with E-state index in [9.17, 15) is 0 Å². The molecule has 3 N–H and O–H groups in total. The van der Waals surface area contributed by atoms with E-state index in [1.54, 1.807) is 0 Å². The lowest BCUT2D eigenvalue weighted by atomic mass is 10.0. The molecule has 0 aliphatic rings. The van der Waals surface area contributed by atoms with Crippen LogP contribution in [0, 0.1) is 18.8 Å². The lowest BCUT2D eigenvalue weighted by Gasteiger charge is -2.13. The lowest BCUT2D eigenvalue weighted by Crippen LogP contribution is -2.14. The maximum absolute atomic E-state index is 5.99. The van der Waals surface area contributed by atoms with E-state index in [1.165, 1.54) is 0 Å². The van der Waals surface area contributed by atoms with Crippen LogP contribution in [0.4, 0.5) is 11.8 Å². The Morgan fingerprint density at radius 2 is 1.76 bits per heavy atom. The molecule has 1 heterocycles. The standard InChI is InChI=1S/C13H24N4/c1-8(2)6-11-10(5)16-13(17-12(11)14)15-7-9(3)4/h8-9H,6-7H2,1-5H3,(H3,14,15,16,17). The summed E-state index contributed by atoms with van der Waals surface area (Å²) in [5.74, 6) is 2.38. The van der Waals surface area contributed by atoms with Crippen molar-refractivity contribution in [2.24, 2.45) is 11.8 Å². The van der Waals surface area contributed by atoms with Crippen LogP contribution in [-0.4, -0.2) is 16.5 Å². The van der Waals surface area contributed by atoms with Gasteiger partial charge in [0.1, 0.15) is 5.82 Å². The fourth-order valence-corrected chi connectivity index (χ4v) is 1.65. The minimum absolute atomic E-state index is 0.564. The highest BCUT2D eigenvalue weighted by Gasteiger charge is 2.10. The van der Waals surface area contributed by atoms with Gasteiger partial charge in [-0.25, -0.2) is 4.98 Å². The number of rotatable bonds is 5. The fraction of sp³-hybridized carbons (Fsp3) is 0.692. The summed E-state index contributed by atoms with van der Waals surface area (Å²) in [4.78, 5) is 8.77. The van der Waals surface area contributed by atoms with E-state index in [4.69, 9.17) is 5.73 Å². The summed E-state index contributed by atoms with van der Waals surface area (Å²) in [5, 5.41) is 3.20. The minimum atomic E-state index is 0.564. The van der Waals surface area contributed by atoms with Gasteiger partial charge in [0, 0.05) is 17.8 Å². The van der Waals surface area contributed by atoms with Gasteiger partial charge in [-0.3, -0.25) is 0 Å². The second kappa shape index (κ2) is 5.84. The molecule has 0 bridgehead atoms. The molecule has 1 aromatic rings. The van der Waals surface area contributed by atoms with Gasteiger partial charge in [0.15, 0.2) is 0 Å². The van der Waals surface area contributed by atoms with E-state index in [-0.39, 0.29) is 0 Å². The average molecular weight is 236 g/mol. The molecule has 0 aliphatic carbocycles. The van der Waals surface area contributed by atoms with Crippen LogP contribution in [-0.2, 0) is 6.42 Å².